The minimum atomic E-state index is -0.172. The summed E-state index contributed by atoms with van der Waals surface area (Å²) in [6.45, 7) is 4.48. The van der Waals surface area contributed by atoms with Crippen molar-refractivity contribution in [1.82, 2.24) is 14.5 Å². The van der Waals surface area contributed by atoms with Gasteiger partial charge in [0.1, 0.15) is 0 Å². The van der Waals surface area contributed by atoms with Crippen molar-refractivity contribution in [3.63, 3.8) is 0 Å². The van der Waals surface area contributed by atoms with E-state index in [1.54, 1.807) is 0 Å². The average molecular weight is 494 g/mol. The first-order chi connectivity index (χ1) is 18.1. The van der Waals surface area contributed by atoms with Crippen LogP contribution in [0.25, 0.3) is 65.3 Å². The molecule has 3 aromatic heterocycles. The normalized spacial score (nSPS) is 14.3. The molecule has 0 unspecified atom stereocenters. The second kappa shape index (κ2) is 7.37. The highest BCUT2D eigenvalue weighted by Gasteiger charge is 2.31. The lowest BCUT2D eigenvalue weighted by Gasteiger charge is -2.20. The number of thiophene rings is 1. The lowest BCUT2D eigenvalue weighted by molar-refractivity contribution is 0.651. The first kappa shape index (κ1) is 20.9. The van der Waals surface area contributed by atoms with E-state index in [1.165, 1.54) is 36.5 Å². The summed E-state index contributed by atoms with van der Waals surface area (Å²) in [7, 11) is 0. The smallest absolute Gasteiger partial charge is 0.235 e. The van der Waals surface area contributed by atoms with E-state index in [9.17, 15) is 0 Å². The lowest BCUT2D eigenvalue weighted by atomic mass is 9.91. The lowest BCUT2D eigenvalue weighted by Crippen LogP contribution is -2.16. The van der Waals surface area contributed by atoms with Crippen LogP contribution in [0.1, 0.15) is 25.1 Å². The third kappa shape index (κ3) is 2.87. The van der Waals surface area contributed by atoms with Gasteiger partial charge in [0.15, 0.2) is 0 Å². The van der Waals surface area contributed by atoms with Gasteiger partial charge in [-0.05, 0) is 18.2 Å². The van der Waals surface area contributed by atoms with E-state index in [2.05, 4.69) is 122 Å². The van der Waals surface area contributed by atoms with E-state index < -0.39 is 0 Å². The summed E-state index contributed by atoms with van der Waals surface area (Å²) in [5.74, 6) is 0.723. The Morgan fingerprint density at radius 3 is 2.08 bits per heavy atom. The highest BCUT2D eigenvalue weighted by molar-refractivity contribution is 7.26. The molecule has 0 radical (unpaired) electrons. The molecular formula is C33H23N3S. The molecule has 4 heteroatoms. The van der Waals surface area contributed by atoms with E-state index >= 15 is 0 Å². The topological polar surface area (TPSA) is 30.7 Å². The predicted molar refractivity (Wildman–Crippen MR) is 157 cm³/mol. The predicted octanol–water partition coefficient (Wildman–Crippen LogP) is 8.91. The molecule has 176 valence electrons. The minimum Gasteiger partial charge on any atom is -0.278 e. The van der Waals surface area contributed by atoms with Crippen LogP contribution in [-0.2, 0) is 5.41 Å². The fourth-order valence-electron chi connectivity index (χ4n) is 5.85. The average Bonchev–Trinajstić information content (AvgIpc) is 3.57. The number of fused-ring (bicyclic) bond motifs is 7. The van der Waals surface area contributed by atoms with Crippen LogP contribution >= 0.6 is 11.3 Å². The minimum absolute atomic E-state index is 0.172. The summed E-state index contributed by atoms with van der Waals surface area (Å²) >= 11 is 1.85. The second-order valence-electron chi connectivity index (χ2n) is 10.3. The van der Waals surface area contributed by atoms with Crippen LogP contribution in [-0.4, -0.2) is 14.5 Å². The number of nitrogens with zero attached hydrogens (tertiary/aromatic N) is 3. The number of hydrogen-bond donors (Lipinski definition) is 0. The molecule has 7 aromatic rings. The molecule has 3 nitrogen and oxygen atoms in total. The number of allylic oxidation sites excluding steroid dienone is 1. The zero-order valence-electron chi connectivity index (χ0n) is 20.6. The third-order valence-corrected chi connectivity index (χ3v) is 8.87. The number of para-hydroxylation sites is 2. The van der Waals surface area contributed by atoms with Gasteiger partial charge in [0, 0.05) is 47.5 Å². The first-order valence-corrected chi connectivity index (χ1v) is 13.4. The molecule has 0 amide bonds. The zero-order chi connectivity index (χ0) is 24.7. The molecule has 0 saturated carbocycles. The Bertz CT molecular complexity index is 2020. The van der Waals surface area contributed by atoms with E-state index in [-0.39, 0.29) is 5.41 Å². The van der Waals surface area contributed by atoms with Crippen molar-refractivity contribution >= 4 is 59.4 Å². The molecule has 0 fully saturated rings. The Morgan fingerprint density at radius 1 is 0.676 bits per heavy atom. The number of hydrogen-bond acceptors (Lipinski definition) is 3. The van der Waals surface area contributed by atoms with Crippen LogP contribution in [0, 0.1) is 0 Å². The Balaban J connectivity index is 1.50. The van der Waals surface area contributed by atoms with Gasteiger partial charge in [-0.2, -0.15) is 0 Å². The van der Waals surface area contributed by atoms with E-state index in [0.717, 1.165) is 33.9 Å². The summed E-state index contributed by atoms with van der Waals surface area (Å²) in [5, 5.41) is 5.01. The van der Waals surface area contributed by atoms with Crippen molar-refractivity contribution in [2.45, 2.75) is 19.3 Å². The van der Waals surface area contributed by atoms with Gasteiger partial charge in [0.05, 0.1) is 22.4 Å². The Morgan fingerprint density at radius 2 is 1.32 bits per heavy atom. The van der Waals surface area contributed by atoms with Crippen LogP contribution in [0.5, 0.6) is 0 Å². The molecule has 1 aliphatic rings. The number of rotatable bonds is 2. The quantitative estimate of drug-likeness (QED) is 0.241. The van der Waals surface area contributed by atoms with E-state index in [0.29, 0.717) is 0 Å². The van der Waals surface area contributed by atoms with Gasteiger partial charge in [-0.1, -0.05) is 98.8 Å². The zero-order valence-corrected chi connectivity index (χ0v) is 21.4. The standard InChI is InChI=1S/C33H23N3S/c1-33(2)19-18-25-29(24-14-9-13-23-22-12-5-8-17-28(22)37-30(23)24)34-32(35-31(25)33)36-26-15-6-3-10-20(26)21-11-4-7-16-27(21)36/h3-19H,1-2H3. The van der Waals surface area contributed by atoms with Gasteiger partial charge in [0.2, 0.25) is 5.95 Å². The van der Waals surface area contributed by atoms with Gasteiger partial charge in [-0.25, -0.2) is 9.97 Å². The van der Waals surface area contributed by atoms with Crippen molar-refractivity contribution in [2.24, 2.45) is 0 Å². The van der Waals surface area contributed by atoms with E-state index in [4.69, 9.17) is 9.97 Å². The van der Waals surface area contributed by atoms with Crippen molar-refractivity contribution < 1.29 is 0 Å². The molecule has 0 atom stereocenters. The fraction of sp³-hybridized carbons (Fsp3) is 0.0909. The molecule has 0 spiro atoms. The number of aromatic nitrogens is 3. The van der Waals surface area contributed by atoms with Gasteiger partial charge in [-0.15, -0.1) is 11.3 Å². The molecule has 8 rings (SSSR count). The highest BCUT2D eigenvalue weighted by Crippen LogP contribution is 2.44. The summed E-state index contributed by atoms with van der Waals surface area (Å²) in [4.78, 5) is 10.6. The molecule has 37 heavy (non-hydrogen) atoms. The molecule has 0 N–H and O–H groups in total. The molecule has 0 aliphatic heterocycles. The fourth-order valence-corrected chi connectivity index (χ4v) is 7.07. The summed E-state index contributed by atoms with van der Waals surface area (Å²) < 4.78 is 4.80. The van der Waals surface area contributed by atoms with Crippen LogP contribution in [0.2, 0.25) is 0 Å². The van der Waals surface area contributed by atoms with Gasteiger partial charge in [0.25, 0.3) is 0 Å². The summed E-state index contributed by atoms with van der Waals surface area (Å²) in [6, 6.07) is 32.4. The molecule has 1 aliphatic carbocycles. The van der Waals surface area contributed by atoms with Crippen molar-refractivity contribution in [3.05, 3.63) is 108 Å². The maximum atomic E-state index is 5.35. The first-order valence-electron chi connectivity index (χ1n) is 12.6. The number of benzene rings is 4. The molecule has 4 aromatic carbocycles. The van der Waals surface area contributed by atoms with Crippen LogP contribution < -0.4 is 0 Å². The molecule has 0 bridgehead atoms. The Labute approximate surface area is 218 Å². The SMILES string of the molecule is CC1(C)C=Cc2c(-c3cccc4c3sc3ccccc34)nc(-n3c4ccccc4c4ccccc43)nc21. The summed E-state index contributed by atoms with van der Waals surface area (Å²) in [6.07, 6.45) is 4.48. The Hall–Kier alpha value is -4.28. The summed E-state index contributed by atoms with van der Waals surface area (Å²) in [5.41, 5.74) is 6.44. The third-order valence-electron chi connectivity index (χ3n) is 7.65. The van der Waals surface area contributed by atoms with E-state index in [1.807, 2.05) is 11.3 Å². The Kier molecular flexibility index (Phi) is 4.16. The van der Waals surface area contributed by atoms with Gasteiger partial charge < -0.3 is 0 Å². The van der Waals surface area contributed by atoms with Crippen LogP contribution in [0.4, 0.5) is 0 Å². The highest BCUT2D eigenvalue weighted by atomic mass is 32.1. The van der Waals surface area contributed by atoms with Crippen LogP contribution in [0.3, 0.4) is 0 Å². The molecular weight excluding hydrogens is 470 g/mol. The molecule has 3 heterocycles. The van der Waals surface area contributed by atoms with Gasteiger partial charge >= 0.3 is 0 Å². The maximum Gasteiger partial charge on any atom is 0.235 e. The van der Waals surface area contributed by atoms with Crippen molar-refractivity contribution in [1.29, 1.82) is 0 Å². The van der Waals surface area contributed by atoms with Crippen LogP contribution in [0.15, 0.2) is 97.1 Å². The largest absolute Gasteiger partial charge is 0.278 e. The second-order valence-corrected chi connectivity index (χ2v) is 11.4. The monoisotopic (exact) mass is 493 g/mol. The molecule has 0 saturated heterocycles. The van der Waals surface area contributed by atoms with Crippen molar-refractivity contribution in [3.8, 4) is 17.2 Å². The van der Waals surface area contributed by atoms with Crippen molar-refractivity contribution in [2.75, 3.05) is 0 Å². The van der Waals surface area contributed by atoms with Gasteiger partial charge in [-0.3, -0.25) is 4.57 Å². The maximum absolute atomic E-state index is 5.35.